The fraction of sp³-hybridized carbons (Fsp3) is 0.467. The van der Waals surface area contributed by atoms with Gasteiger partial charge in [0.15, 0.2) is 0 Å². The Morgan fingerprint density at radius 3 is 3.09 bits per heavy atom. The van der Waals surface area contributed by atoms with E-state index in [4.69, 9.17) is 10.5 Å². The van der Waals surface area contributed by atoms with Gasteiger partial charge >= 0.3 is 6.03 Å². The van der Waals surface area contributed by atoms with Crippen LogP contribution in [-0.2, 0) is 0 Å². The first kappa shape index (κ1) is 15.6. The van der Waals surface area contributed by atoms with Crippen molar-refractivity contribution in [1.29, 1.82) is 10.5 Å². The van der Waals surface area contributed by atoms with Crippen LogP contribution in [0.3, 0.4) is 0 Å². The normalized spacial score (nSPS) is 16.6. The minimum Gasteiger partial charge on any atom is -0.369 e. The van der Waals surface area contributed by atoms with Gasteiger partial charge in [0.1, 0.15) is 17.9 Å². The van der Waals surface area contributed by atoms with Gasteiger partial charge in [-0.3, -0.25) is 0 Å². The summed E-state index contributed by atoms with van der Waals surface area (Å²) in [7, 11) is 0. The second-order valence-electron chi connectivity index (χ2n) is 5.00. The van der Waals surface area contributed by atoms with Gasteiger partial charge in [0.25, 0.3) is 0 Å². The van der Waals surface area contributed by atoms with E-state index in [1.807, 2.05) is 0 Å². The lowest BCUT2D eigenvalue weighted by atomic mass is 10.2. The molecular formula is C15H18N6O. The van der Waals surface area contributed by atoms with E-state index in [-0.39, 0.29) is 12.1 Å². The van der Waals surface area contributed by atoms with E-state index >= 15 is 0 Å². The summed E-state index contributed by atoms with van der Waals surface area (Å²) >= 11 is 0. The minimum absolute atomic E-state index is 0.181. The summed E-state index contributed by atoms with van der Waals surface area (Å²) in [5, 5.41) is 23.8. The highest BCUT2D eigenvalue weighted by molar-refractivity contribution is 5.75. The van der Waals surface area contributed by atoms with Crippen molar-refractivity contribution in [2.24, 2.45) is 0 Å². The third-order valence-electron chi connectivity index (χ3n) is 3.51. The number of nitriles is 2. The molecule has 1 saturated heterocycles. The number of nitrogens with one attached hydrogen (secondary N) is 2. The summed E-state index contributed by atoms with van der Waals surface area (Å²) in [6, 6.07) is 7.15. The number of likely N-dealkylation sites (tertiary alicyclic amines) is 1. The number of pyridine rings is 1. The van der Waals surface area contributed by atoms with Crippen LogP contribution in [0.4, 0.5) is 10.6 Å². The maximum atomic E-state index is 11.9. The van der Waals surface area contributed by atoms with E-state index in [1.54, 1.807) is 23.2 Å². The smallest absolute Gasteiger partial charge is 0.318 e. The Bertz CT molecular complexity index is 603. The first-order valence-electron chi connectivity index (χ1n) is 7.29. The summed E-state index contributed by atoms with van der Waals surface area (Å²) in [6.45, 7) is 1.75. The van der Waals surface area contributed by atoms with Crippen molar-refractivity contribution in [3.8, 4) is 12.1 Å². The zero-order valence-corrected chi connectivity index (χ0v) is 12.2. The van der Waals surface area contributed by atoms with Crippen molar-refractivity contribution in [3.05, 3.63) is 23.9 Å². The van der Waals surface area contributed by atoms with E-state index < -0.39 is 0 Å². The van der Waals surface area contributed by atoms with E-state index in [2.05, 4.69) is 27.8 Å². The maximum Gasteiger partial charge on any atom is 0.318 e. The predicted octanol–water partition coefficient (Wildman–Crippen LogP) is 1.45. The first-order valence-corrected chi connectivity index (χ1v) is 7.29. The summed E-state index contributed by atoms with van der Waals surface area (Å²) in [6.07, 6.45) is 3.96. The van der Waals surface area contributed by atoms with Gasteiger partial charge in [-0.2, -0.15) is 10.5 Å². The number of hydrogen-bond acceptors (Lipinski definition) is 5. The lowest BCUT2D eigenvalue weighted by Gasteiger charge is -2.20. The molecule has 1 atom stereocenters. The lowest BCUT2D eigenvalue weighted by molar-refractivity contribution is 0.201. The third-order valence-corrected chi connectivity index (χ3v) is 3.51. The monoisotopic (exact) mass is 298 g/mol. The topological polar surface area (TPSA) is 105 Å². The Morgan fingerprint density at radius 1 is 1.45 bits per heavy atom. The van der Waals surface area contributed by atoms with E-state index in [0.717, 1.165) is 12.8 Å². The highest BCUT2D eigenvalue weighted by Crippen LogP contribution is 2.16. The van der Waals surface area contributed by atoms with Crippen molar-refractivity contribution in [2.75, 3.05) is 25.0 Å². The molecule has 7 nitrogen and oxygen atoms in total. The SMILES string of the molecule is N#Cc1cccnc1NCCCNC(=O)N1CCC[C@H]1C#N. The van der Waals surface area contributed by atoms with Crippen molar-refractivity contribution < 1.29 is 4.79 Å². The standard InChI is InChI=1S/C15H18N6O/c16-10-12-4-1-6-18-14(12)19-7-3-8-20-15(22)21-9-2-5-13(21)11-17/h1,4,6,13H,2-3,5,7-9H2,(H,18,19)(H,20,22)/t13-/m0/s1. The van der Waals surface area contributed by atoms with Gasteiger partial charge in [0.2, 0.25) is 0 Å². The van der Waals surface area contributed by atoms with Gasteiger partial charge < -0.3 is 15.5 Å². The summed E-state index contributed by atoms with van der Waals surface area (Å²) in [5.41, 5.74) is 0.500. The van der Waals surface area contributed by atoms with Crippen LogP contribution in [0.1, 0.15) is 24.8 Å². The molecule has 0 aromatic carbocycles. The fourth-order valence-corrected chi connectivity index (χ4v) is 2.37. The zero-order valence-electron chi connectivity index (χ0n) is 12.2. The zero-order chi connectivity index (χ0) is 15.8. The number of amides is 2. The molecular weight excluding hydrogens is 280 g/mol. The highest BCUT2D eigenvalue weighted by atomic mass is 16.2. The van der Waals surface area contributed by atoms with Gasteiger partial charge in [-0.05, 0) is 31.4 Å². The molecule has 1 aliphatic rings. The van der Waals surface area contributed by atoms with Crippen molar-refractivity contribution >= 4 is 11.8 Å². The Labute approximate surface area is 129 Å². The van der Waals surface area contributed by atoms with Crippen LogP contribution in [0.2, 0.25) is 0 Å². The van der Waals surface area contributed by atoms with Crippen LogP contribution in [0.5, 0.6) is 0 Å². The molecule has 2 rings (SSSR count). The molecule has 2 heterocycles. The van der Waals surface area contributed by atoms with Crippen molar-refractivity contribution in [1.82, 2.24) is 15.2 Å². The number of carbonyl (C=O) groups is 1. The van der Waals surface area contributed by atoms with E-state index in [1.165, 1.54) is 0 Å². The van der Waals surface area contributed by atoms with Crippen LogP contribution < -0.4 is 10.6 Å². The van der Waals surface area contributed by atoms with Crippen LogP contribution in [-0.4, -0.2) is 41.6 Å². The molecule has 0 radical (unpaired) electrons. The molecule has 22 heavy (non-hydrogen) atoms. The number of nitrogens with zero attached hydrogens (tertiary/aromatic N) is 4. The second-order valence-corrected chi connectivity index (χ2v) is 5.00. The number of anilines is 1. The van der Waals surface area contributed by atoms with Gasteiger partial charge in [0, 0.05) is 25.8 Å². The van der Waals surface area contributed by atoms with Gasteiger partial charge in [0.05, 0.1) is 11.6 Å². The molecule has 0 spiro atoms. The van der Waals surface area contributed by atoms with Crippen LogP contribution in [0.25, 0.3) is 0 Å². The molecule has 0 aliphatic carbocycles. The van der Waals surface area contributed by atoms with E-state index in [0.29, 0.717) is 37.4 Å². The Balaban J connectivity index is 1.68. The number of aromatic nitrogens is 1. The minimum atomic E-state index is -0.301. The van der Waals surface area contributed by atoms with E-state index in [9.17, 15) is 4.79 Å². The molecule has 0 saturated carbocycles. The average molecular weight is 298 g/mol. The largest absolute Gasteiger partial charge is 0.369 e. The molecule has 1 aromatic rings. The van der Waals surface area contributed by atoms with Crippen LogP contribution in [0, 0.1) is 22.7 Å². The fourth-order valence-electron chi connectivity index (χ4n) is 2.37. The van der Waals surface area contributed by atoms with Crippen molar-refractivity contribution in [2.45, 2.75) is 25.3 Å². The lowest BCUT2D eigenvalue weighted by Crippen LogP contribution is -2.42. The van der Waals surface area contributed by atoms with Crippen LogP contribution in [0.15, 0.2) is 18.3 Å². The number of urea groups is 1. The predicted molar refractivity (Wildman–Crippen MR) is 80.8 cm³/mol. The highest BCUT2D eigenvalue weighted by Gasteiger charge is 2.27. The van der Waals surface area contributed by atoms with Gasteiger partial charge in [-0.25, -0.2) is 9.78 Å². The molecule has 0 bridgehead atoms. The molecule has 1 aromatic heterocycles. The third kappa shape index (κ3) is 3.86. The number of rotatable bonds is 5. The molecule has 2 amide bonds. The quantitative estimate of drug-likeness (QED) is 0.800. The Morgan fingerprint density at radius 2 is 2.32 bits per heavy atom. The Kier molecular flexibility index (Phi) is 5.56. The molecule has 7 heteroatoms. The molecule has 114 valence electrons. The maximum absolute atomic E-state index is 11.9. The van der Waals surface area contributed by atoms with Crippen molar-refractivity contribution in [3.63, 3.8) is 0 Å². The number of carbonyl (C=O) groups excluding carboxylic acids is 1. The summed E-state index contributed by atoms with van der Waals surface area (Å²) in [4.78, 5) is 17.6. The summed E-state index contributed by atoms with van der Waals surface area (Å²) in [5.74, 6) is 0.556. The molecule has 1 aliphatic heterocycles. The van der Waals surface area contributed by atoms with Crippen LogP contribution >= 0.6 is 0 Å². The second kappa shape index (κ2) is 7.84. The number of hydrogen-bond donors (Lipinski definition) is 2. The first-order chi connectivity index (χ1) is 10.8. The molecule has 1 fully saturated rings. The average Bonchev–Trinajstić information content (AvgIpc) is 3.03. The molecule has 2 N–H and O–H groups in total. The summed E-state index contributed by atoms with van der Waals surface area (Å²) < 4.78 is 0. The van der Waals surface area contributed by atoms with Gasteiger partial charge in [-0.1, -0.05) is 0 Å². The molecule has 0 unspecified atom stereocenters. The van der Waals surface area contributed by atoms with Gasteiger partial charge in [-0.15, -0.1) is 0 Å². The Hall–Kier alpha value is -2.80.